The number of benzene rings is 9. The lowest BCUT2D eigenvalue weighted by molar-refractivity contribution is 0.669. The van der Waals surface area contributed by atoms with Crippen LogP contribution < -0.4 is 0 Å². The van der Waals surface area contributed by atoms with Crippen molar-refractivity contribution in [3.63, 3.8) is 0 Å². The van der Waals surface area contributed by atoms with E-state index in [1.807, 2.05) is 0 Å². The molecule has 0 N–H and O–H groups in total. The molecule has 1 aromatic heterocycles. The molecule has 10 rings (SSSR count). The normalized spacial score (nSPS) is 16.5. The molecule has 0 saturated heterocycles. The molecule has 0 bridgehead atoms. The predicted molar refractivity (Wildman–Crippen MR) is 208 cm³/mol. The second kappa shape index (κ2) is 11.1. The van der Waals surface area contributed by atoms with Gasteiger partial charge in [-0.2, -0.15) is 0 Å². The van der Waals surface area contributed by atoms with Gasteiger partial charge >= 0.3 is 0 Å². The first-order valence-corrected chi connectivity index (χ1v) is 15.5. The summed E-state index contributed by atoms with van der Waals surface area (Å²) in [4.78, 5) is 0. The van der Waals surface area contributed by atoms with Crippen LogP contribution in [-0.2, 0) is 0 Å². The molecule has 1 nitrogen and oxygen atoms in total. The lowest BCUT2D eigenvalue weighted by Crippen LogP contribution is -1.93. The summed E-state index contributed by atoms with van der Waals surface area (Å²) in [7, 11) is 0. The van der Waals surface area contributed by atoms with E-state index in [-0.39, 0.29) is 71.7 Å². The highest BCUT2D eigenvalue weighted by Gasteiger charge is 2.21. The van der Waals surface area contributed by atoms with Crippen molar-refractivity contribution < 1.29 is 27.7 Å². The first-order chi connectivity index (χ1) is 31.4. The summed E-state index contributed by atoms with van der Waals surface area (Å²) in [6.45, 7) is 0. The highest BCUT2D eigenvalue weighted by Crippen LogP contribution is 2.48. The van der Waals surface area contributed by atoms with Gasteiger partial charge < -0.3 is 4.42 Å². The van der Waals surface area contributed by atoms with Crippen molar-refractivity contribution in [2.24, 2.45) is 0 Å². The summed E-state index contributed by atoms with van der Waals surface area (Å²) >= 11 is 0. The monoisotopic (exact) mass is 639 g/mol. The average Bonchev–Trinajstić information content (AvgIpc) is 3.73. The molecule has 0 atom stereocenters. The first kappa shape index (κ1) is 15.6. The van der Waals surface area contributed by atoms with E-state index >= 15 is 0 Å². The Hall–Kier alpha value is -6.44. The molecule has 228 valence electrons. The molecule has 1 heterocycles. The van der Waals surface area contributed by atoms with Crippen molar-refractivity contribution in [1.29, 1.82) is 0 Å². The van der Waals surface area contributed by atoms with Crippen molar-refractivity contribution in [2.45, 2.75) is 0 Å². The lowest BCUT2D eigenvalue weighted by atomic mass is 9.83. The third-order valence-corrected chi connectivity index (χ3v) is 8.75. The standard InChI is InChI=1S/C48H30O/c1-2-13-31(14-3-1)32-25-27-33(28-26-32)36-17-6-7-18-37(36)46-38-19-8-10-21-40(38)47(41-22-11-9-20-39(41)46)42-23-12-24-44-48(42)43-29-34-15-4-5-16-35(34)30-45(43)49-44/h1-30H/i4D,5D,6D,7D,12D,15D,16D,17D,18D,23D,24D,25D,26D,27D,28D,29D,30D. The molecule has 10 aromatic rings. The lowest BCUT2D eigenvalue weighted by Gasteiger charge is -2.20. The van der Waals surface area contributed by atoms with Crippen LogP contribution in [0.15, 0.2) is 186 Å². The highest BCUT2D eigenvalue weighted by atomic mass is 16.3. The molecule has 0 fully saturated rings. The number of fused-ring (bicyclic) bond motifs is 6. The number of hydrogen-bond acceptors (Lipinski definition) is 1. The van der Waals surface area contributed by atoms with Crippen LogP contribution in [0, 0.1) is 0 Å². The quantitative estimate of drug-likeness (QED) is 0.175. The third-order valence-electron chi connectivity index (χ3n) is 8.75. The predicted octanol–water partition coefficient (Wildman–Crippen LogP) is 13.7. The Morgan fingerprint density at radius 2 is 0.898 bits per heavy atom. The first-order valence-electron chi connectivity index (χ1n) is 24.0. The SMILES string of the molecule is [2H]c1c([2H])c([2H])c(-c2c3ccccc3c(-c3c([2H])c([2H])c([2H])c4oc5c([2H])c6c([2H])c([2H])c([2H])c([2H])c6c([2H])c5c34)c3ccccc23)c(-c2c([2H])c([2H])c(-c3ccccc3)c([2H])c2[2H])c1[2H]. The molecule has 0 amide bonds. The van der Waals surface area contributed by atoms with Crippen LogP contribution in [0.25, 0.3) is 98.8 Å². The van der Waals surface area contributed by atoms with E-state index in [1.54, 1.807) is 78.9 Å². The third kappa shape index (κ3) is 4.40. The van der Waals surface area contributed by atoms with E-state index in [4.69, 9.17) is 18.1 Å². The Labute approximate surface area is 308 Å². The van der Waals surface area contributed by atoms with Gasteiger partial charge in [-0.15, -0.1) is 0 Å². The minimum Gasteiger partial charge on any atom is -0.456 e. The van der Waals surface area contributed by atoms with Crippen LogP contribution in [0.2, 0.25) is 0 Å². The van der Waals surface area contributed by atoms with Gasteiger partial charge in [-0.1, -0.05) is 163 Å². The van der Waals surface area contributed by atoms with Crippen LogP contribution in [-0.4, -0.2) is 0 Å². The van der Waals surface area contributed by atoms with Crippen molar-refractivity contribution in [3.05, 3.63) is 182 Å². The van der Waals surface area contributed by atoms with Gasteiger partial charge in [0, 0.05) is 10.8 Å². The van der Waals surface area contributed by atoms with Gasteiger partial charge in [-0.25, -0.2) is 0 Å². The van der Waals surface area contributed by atoms with Gasteiger partial charge in [-0.05, 0) is 95.0 Å². The summed E-state index contributed by atoms with van der Waals surface area (Å²) < 4.78 is 160. The number of furan rings is 1. The molecular formula is C48H30O. The Balaban J connectivity index is 1.40. The molecule has 0 unspecified atom stereocenters. The summed E-state index contributed by atoms with van der Waals surface area (Å²) in [5, 5.41) is 0.671. The van der Waals surface area contributed by atoms with Gasteiger partial charge in [0.25, 0.3) is 0 Å². The molecule has 0 aliphatic carbocycles. The minimum atomic E-state index is -0.670. The Bertz CT molecular complexity index is 3760. The molecule has 9 aromatic carbocycles. The fourth-order valence-corrected chi connectivity index (χ4v) is 6.65. The van der Waals surface area contributed by atoms with E-state index in [0.29, 0.717) is 27.1 Å². The largest absolute Gasteiger partial charge is 0.456 e. The zero-order valence-corrected chi connectivity index (χ0v) is 25.4. The van der Waals surface area contributed by atoms with Crippen LogP contribution >= 0.6 is 0 Å². The van der Waals surface area contributed by atoms with E-state index in [9.17, 15) is 9.60 Å². The van der Waals surface area contributed by atoms with Crippen molar-refractivity contribution in [3.8, 4) is 44.5 Å². The van der Waals surface area contributed by atoms with E-state index in [1.165, 1.54) is 0 Å². The molecule has 0 saturated carbocycles. The summed E-state index contributed by atoms with van der Waals surface area (Å²) in [6, 6.07) is 12.7. The molecule has 0 spiro atoms. The topological polar surface area (TPSA) is 13.1 Å². The second-order valence-corrected chi connectivity index (χ2v) is 11.5. The maximum absolute atomic E-state index is 9.53. The van der Waals surface area contributed by atoms with Gasteiger partial charge in [0.2, 0.25) is 0 Å². The summed E-state index contributed by atoms with van der Waals surface area (Å²) in [5.74, 6) is 0. The second-order valence-electron chi connectivity index (χ2n) is 11.5. The van der Waals surface area contributed by atoms with Crippen LogP contribution in [0.4, 0.5) is 0 Å². The summed E-state index contributed by atoms with van der Waals surface area (Å²) in [5.41, 5.74) is -0.420. The fraction of sp³-hybridized carbons (Fsp3) is 0. The van der Waals surface area contributed by atoms with Crippen molar-refractivity contribution in [2.75, 3.05) is 0 Å². The zero-order valence-electron chi connectivity index (χ0n) is 42.4. The zero-order chi connectivity index (χ0) is 47.1. The number of hydrogen-bond donors (Lipinski definition) is 0. The van der Waals surface area contributed by atoms with E-state index < -0.39 is 103 Å². The van der Waals surface area contributed by atoms with Gasteiger partial charge in [0.05, 0.1) is 23.3 Å². The van der Waals surface area contributed by atoms with Crippen molar-refractivity contribution in [1.82, 2.24) is 0 Å². The highest BCUT2D eigenvalue weighted by molar-refractivity contribution is 6.26. The minimum absolute atomic E-state index is 0.00969. The van der Waals surface area contributed by atoms with E-state index in [0.717, 1.165) is 0 Å². The van der Waals surface area contributed by atoms with Gasteiger partial charge in [0.1, 0.15) is 11.2 Å². The molecule has 49 heavy (non-hydrogen) atoms. The molecule has 0 aliphatic rings. The maximum Gasteiger partial charge on any atom is 0.136 e. The Morgan fingerprint density at radius 1 is 0.367 bits per heavy atom. The summed E-state index contributed by atoms with van der Waals surface area (Å²) in [6.07, 6.45) is 0. The van der Waals surface area contributed by atoms with Gasteiger partial charge in [-0.3, -0.25) is 0 Å². The fourth-order valence-electron chi connectivity index (χ4n) is 6.65. The Morgan fingerprint density at radius 3 is 1.57 bits per heavy atom. The maximum atomic E-state index is 9.53. The van der Waals surface area contributed by atoms with Crippen LogP contribution in [0.5, 0.6) is 0 Å². The molecule has 1 heteroatoms. The van der Waals surface area contributed by atoms with Crippen LogP contribution in [0.1, 0.15) is 23.3 Å². The van der Waals surface area contributed by atoms with Gasteiger partial charge in [0.15, 0.2) is 0 Å². The van der Waals surface area contributed by atoms with Crippen LogP contribution in [0.3, 0.4) is 0 Å². The molecule has 0 aliphatic heterocycles. The Kier molecular flexibility index (Phi) is 3.54. The smallest absolute Gasteiger partial charge is 0.136 e. The number of rotatable bonds is 4. The molecular weight excluding hydrogens is 593 g/mol. The average molecular weight is 640 g/mol. The van der Waals surface area contributed by atoms with Crippen molar-refractivity contribution >= 4 is 54.3 Å². The molecule has 0 radical (unpaired) electrons. The van der Waals surface area contributed by atoms with E-state index in [2.05, 4.69) is 0 Å².